The molecule has 0 unspecified atom stereocenters. The Morgan fingerprint density at radius 3 is 2.50 bits per heavy atom. The average molecular weight is 253 g/mol. The number of ether oxygens (including phenoxy) is 1. The zero-order chi connectivity index (χ0) is 12.3. The van der Waals surface area contributed by atoms with E-state index >= 15 is 0 Å². The molecule has 0 saturated carbocycles. The van der Waals surface area contributed by atoms with Gasteiger partial charge in [0.1, 0.15) is 0 Å². The highest BCUT2D eigenvalue weighted by molar-refractivity contribution is 7.89. The molecule has 0 fully saturated rings. The summed E-state index contributed by atoms with van der Waals surface area (Å²) in [6.07, 6.45) is 3.48. The zero-order valence-corrected chi connectivity index (χ0v) is 10.8. The second-order valence-electron chi connectivity index (χ2n) is 3.55. The minimum Gasteiger partial charge on any atom is -0.396 e. The van der Waals surface area contributed by atoms with Gasteiger partial charge in [-0.15, -0.1) is 0 Å². The summed E-state index contributed by atoms with van der Waals surface area (Å²) < 4.78 is 30.2. The van der Waals surface area contributed by atoms with Gasteiger partial charge in [-0.05, 0) is 19.8 Å². The highest BCUT2D eigenvalue weighted by atomic mass is 32.2. The Hall–Kier alpha value is -0.170. The van der Waals surface area contributed by atoms with Gasteiger partial charge in [0, 0.05) is 19.8 Å². The fraction of sp³-hybridized carbons (Fsp3) is 1.00. The van der Waals surface area contributed by atoms with E-state index < -0.39 is 10.0 Å². The molecule has 0 aromatic rings. The lowest BCUT2D eigenvalue weighted by atomic mass is 10.2. The van der Waals surface area contributed by atoms with Crippen LogP contribution in [0.2, 0.25) is 0 Å². The molecule has 0 aromatic heterocycles. The normalized spacial score (nSPS) is 11.9. The molecule has 5 nitrogen and oxygen atoms in total. The van der Waals surface area contributed by atoms with Gasteiger partial charge in [-0.1, -0.05) is 12.8 Å². The van der Waals surface area contributed by atoms with Crippen LogP contribution in [0.5, 0.6) is 0 Å². The van der Waals surface area contributed by atoms with Crippen LogP contribution in [0.15, 0.2) is 0 Å². The minimum absolute atomic E-state index is 0.0253. The Morgan fingerprint density at radius 1 is 1.19 bits per heavy atom. The smallest absolute Gasteiger partial charge is 0.213 e. The minimum atomic E-state index is -3.17. The van der Waals surface area contributed by atoms with Crippen LogP contribution in [-0.4, -0.2) is 45.6 Å². The summed E-state index contributed by atoms with van der Waals surface area (Å²) in [4.78, 5) is 0. The topological polar surface area (TPSA) is 75.6 Å². The first-order valence-electron chi connectivity index (χ1n) is 5.78. The van der Waals surface area contributed by atoms with E-state index in [4.69, 9.17) is 9.84 Å². The van der Waals surface area contributed by atoms with Gasteiger partial charge >= 0.3 is 0 Å². The molecule has 2 N–H and O–H groups in total. The molecule has 0 rings (SSSR count). The predicted molar refractivity (Wildman–Crippen MR) is 63.8 cm³/mol. The molecule has 0 bridgehead atoms. The van der Waals surface area contributed by atoms with Crippen LogP contribution >= 0.6 is 0 Å². The molecule has 0 atom stereocenters. The van der Waals surface area contributed by atoms with Crippen molar-refractivity contribution >= 4 is 10.0 Å². The maximum atomic E-state index is 11.4. The van der Waals surface area contributed by atoms with Crippen LogP contribution < -0.4 is 4.72 Å². The average Bonchev–Trinajstić information content (AvgIpc) is 2.23. The monoisotopic (exact) mass is 253 g/mol. The summed E-state index contributed by atoms with van der Waals surface area (Å²) >= 11 is 0. The quantitative estimate of drug-likeness (QED) is 0.526. The summed E-state index contributed by atoms with van der Waals surface area (Å²) in [6, 6.07) is 0. The van der Waals surface area contributed by atoms with E-state index in [1.807, 2.05) is 6.92 Å². The van der Waals surface area contributed by atoms with Crippen molar-refractivity contribution in [1.82, 2.24) is 4.72 Å². The molecule has 0 aliphatic heterocycles. The van der Waals surface area contributed by atoms with Crippen molar-refractivity contribution < 1.29 is 18.3 Å². The van der Waals surface area contributed by atoms with Gasteiger partial charge in [-0.3, -0.25) is 0 Å². The summed E-state index contributed by atoms with van der Waals surface area (Å²) in [6.45, 7) is 3.30. The van der Waals surface area contributed by atoms with E-state index in [0.717, 1.165) is 25.7 Å². The highest BCUT2D eigenvalue weighted by Crippen LogP contribution is 1.98. The van der Waals surface area contributed by atoms with Gasteiger partial charge in [-0.25, -0.2) is 13.1 Å². The molecule has 0 spiro atoms. The first kappa shape index (κ1) is 15.8. The molecular weight excluding hydrogens is 230 g/mol. The number of aliphatic hydroxyl groups excluding tert-OH is 1. The first-order chi connectivity index (χ1) is 7.62. The Kier molecular flexibility index (Phi) is 9.91. The second kappa shape index (κ2) is 10.0. The summed E-state index contributed by atoms with van der Waals surface area (Å²) in [5, 5.41) is 8.55. The molecule has 0 saturated heterocycles. The van der Waals surface area contributed by atoms with Gasteiger partial charge in [-0.2, -0.15) is 0 Å². The van der Waals surface area contributed by atoms with Gasteiger partial charge < -0.3 is 9.84 Å². The maximum Gasteiger partial charge on any atom is 0.213 e. The molecule has 6 heteroatoms. The lowest BCUT2D eigenvalue weighted by molar-refractivity contribution is 0.163. The highest BCUT2D eigenvalue weighted by Gasteiger charge is 2.08. The van der Waals surface area contributed by atoms with E-state index in [9.17, 15) is 8.42 Å². The van der Waals surface area contributed by atoms with E-state index in [0.29, 0.717) is 13.2 Å². The zero-order valence-electron chi connectivity index (χ0n) is 9.94. The SMILES string of the molecule is CCOCCS(=O)(=O)NCCCCCCO. The number of hydrogen-bond donors (Lipinski definition) is 2. The summed E-state index contributed by atoms with van der Waals surface area (Å²) in [7, 11) is -3.17. The first-order valence-corrected chi connectivity index (χ1v) is 7.43. The third kappa shape index (κ3) is 10.4. The van der Waals surface area contributed by atoms with Crippen LogP contribution in [0.1, 0.15) is 32.6 Å². The number of nitrogens with one attached hydrogen (secondary N) is 1. The second-order valence-corrected chi connectivity index (χ2v) is 5.47. The van der Waals surface area contributed by atoms with Crippen LogP contribution in [0.4, 0.5) is 0 Å². The van der Waals surface area contributed by atoms with Crippen LogP contribution in [-0.2, 0) is 14.8 Å². The molecule has 16 heavy (non-hydrogen) atoms. The van der Waals surface area contributed by atoms with Crippen molar-refractivity contribution in [1.29, 1.82) is 0 Å². The molecule has 0 aromatic carbocycles. The van der Waals surface area contributed by atoms with Crippen LogP contribution in [0.25, 0.3) is 0 Å². The Bertz CT molecular complexity index is 241. The molecule has 0 amide bonds. The summed E-state index contributed by atoms with van der Waals surface area (Å²) in [5.41, 5.74) is 0. The van der Waals surface area contributed by atoms with Crippen LogP contribution in [0, 0.1) is 0 Å². The van der Waals surface area contributed by atoms with Crippen molar-refractivity contribution in [3.8, 4) is 0 Å². The van der Waals surface area contributed by atoms with Crippen molar-refractivity contribution in [3.05, 3.63) is 0 Å². The number of aliphatic hydroxyl groups is 1. The largest absolute Gasteiger partial charge is 0.396 e. The van der Waals surface area contributed by atoms with E-state index in [-0.39, 0.29) is 19.0 Å². The fourth-order valence-corrected chi connectivity index (χ4v) is 2.14. The molecular formula is C10H23NO4S. The van der Waals surface area contributed by atoms with Crippen molar-refractivity contribution in [2.24, 2.45) is 0 Å². The number of rotatable bonds is 11. The standard InChI is InChI=1S/C10H23NO4S/c1-2-15-9-10-16(13,14)11-7-5-3-4-6-8-12/h11-12H,2-10H2,1H3. The Labute approximate surface area is 98.2 Å². The van der Waals surface area contributed by atoms with Gasteiger partial charge in [0.25, 0.3) is 0 Å². The van der Waals surface area contributed by atoms with Gasteiger partial charge in [0.05, 0.1) is 12.4 Å². The molecule has 98 valence electrons. The summed E-state index contributed by atoms with van der Waals surface area (Å²) in [5.74, 6) is 0.0253. The van der Waals surface area contributed by atoms with E-state index in [1.54, 1.807) is 0 Å². The number of hydrogen-bond acceptors (Lipinski definition) is 4. The molecule has 0 radical (unpaired) electrons. The van der Waals surface area contributed by atoms with Crippen LogP contribution in [0.3, 0.4) is 0 Å². The molecule has 0 heterocycles. The third-order valence-corrected chi connectivity index (χ3v) is 3.46. The molecule has 0 aliphatic rings. The third-order valence-electron chi connectivity index (χ3n) is 2.11. The number of unbranched alkanes of at least 4 members (excludes halogenated alkanes) is 3. The Balaban J connectivity index is 3.43. The lowest BCUT2D eigenvalue weighted by Crippen LogP contribution is -2.29. The fourth-order valence-electron chi connectivity index (χ4n) is 1.20. The van der Waals surface area contributed by atoms with Crippen molar-refractivity contribution in [2.45, 2.75) is 32.6 Å². The van der Waals surface area contributed by atoms with Crippen molar-refractivity contribution in [3.63, 3.8) is 0 Å². The lowest BCUT2D eigenvalue weighted by Gasteiger charge is -2.06. The van der Waals surface area contributed by atoms with Gasteiger partial charge in [0.15, 0.2) is 0 Å². The number of sulfonamides is 1. The van der Waals surface area contributed by atoms with E-state index in [1.165, 1.54) is 0 Å². The molecule has 0 aliphatic carbocycles. The maximum absolute atomic E-state index is 11.4. The predicted octanol–water partition coefficient (Wildman–Crippen LogP) is 0.495. The van der Waals surface area contributed by atoms with E-state index in [2.05, 4.69) is 4.72 Å². The van der Waals surface area contributed by atoms with Gasteiger partial charge in [0.2, 0.25) is 10.0 Å². The Morgan fingerprint density at radius 2 is 1.88 bits per heavy atom. The van der Waals surface area contributed by atoms with Crippen molar-refractivity contribution in [2.75, 3.05) is 32.1 Å².